The molecule has 0 aliphatic carbocycles. The van der Waals surface area contributed by atoms with Crippen molar-refractivity contribution < 1.29 is 0 Å². The van der Waals surface area contributed by atoms with E-state index in [9.17, 15) is 0 Å². The van der Waals surface area contributed by atoms with E-state index in [4.69, 9.17) is 5.26 Å². The summed E-state index contributed by atoms with van der Waals surface area (Å²) in [6.45, 7) is 0. The van der Waals surface area contributed by atoms with E-state index in [0.717, 1.165) is 15.5 Å². The van der Waals surface area contributed by atoms with Crippen LogP contribution in [0.2, 0.25) is 0 Å². The molecular weight excluding hydrogens is 224 g/mol. The van der Waals surface area contributed by atoms with Crippen LogP contribution < -0.4 is 0 Å². The third-order valence-corrected chi connectivity index (χ3v) is 3.95. The lowest BCUT2D eigenvalue weighted by molar-refractivity contribution is 1.43. The fourth-order valence-electron chi connectivity index (χ4n) is 1.31. The Morgan fingerprint density at radius 3 is 2.67 bits per heavy atom. The Kier molecular flexibility index (Phi) is 3.05. The first-order valence-corrected chi connectivity index (χ1v) is 6.36. The minimum atomic E-state index is 0.693. The summed E-state index contributed by atoms with van der Waals surface area (Å²) in [5, 5.41) is 9.08. The molecule has 0 aliphatic heterocycles. The molecule has 0 fully saturated rings. The summed E-state index contributed by atoms with van der Waals surface area (Å²) in [6.07, 6.45) is 1.96. The highest BCUT2D eigenvalue weighted by Crippen LogP contribution is 2.32. The van der Waals surface area contributed by atoms with Gasteiger partial charge in [0.05, 0.1) is 4.21 Å². The van der Waals surface area contributed by atoms with Gasteiger partial charge in [0, 0.05) is 5.56 Å². The fraction of sp³-hybridized carbons (Fsp3) is 0.0909. The largest absolute Gasteiger partial charge is 0.192 e. The van der Waals surface area contributed by atoms with Crippen molar-refractivity contribution in [2.75, 3.05) is 6.26 Å². The Morgan fingerprint density at radius 1 is 1.33 bits per heavy atom. The van der Waals surface area contributed by atoms with Crippen LogP contribution in [-0.2, 0) is 0 Å². The Hall–Kier alpha value is -1.31. The molecule has 0 bridgehead atoms. The lowest BCUT2D eigenvalue weighted by atomic mass is 10.1. The number of nitriles is 1. The minimum Gasteiger partial charge on any atom is -0.192 e. The predicted molar refractivity (Wildman–Crippen MR) is 64.0 cm³/mol. The van der Waals surface area contributed by atoms with E-state index in [1.807, 2.05) is 36.6 Å². The first-order chi connectivity index (χ1) is 7.36. The van der Waals surface area contributed by atoms with Crippen LogP contribution in [-0.4, -0.2) is 10.6 Å². The van der Waals surface area contributed by atoms with E-state index >= 15 is 0 Å². The summed E-state index contributed by atoms with van der Waals surface area (Å²) in [7, 11) is 0. The van der Waals surface area contributed by atoms with E-state index < -0.39 is 0 Å². The number of hydrogen-bond donors (Lipinski definition) is 0. The third-order valence-electron chi connectivity index (χ3n) is 2.01. The van der Waals surface area contributed by atoms with Crippen molar-refractivity contribution in [2.45, 2.75) is 4.21 Å². The van der Waals surface area contributed by atoms with Crippen molar-refractivity contribution in [3.05, 3.63) is 35.9 Å². The first kappa shape index (κ1) is 10.2. The number of hydrogen-bond acceptors (Lipinski definition) is 4. The molecule has 0 amide bonds. The fourth-order valence-corrected chi connectivity index (χ4v) is 2.67. The highest BCUT2D eigenvalue weighted by atomic mass is 32.2. The second kappa shape index (κ2) is 4.47. The van der Waals surface area contributed by atoms with Gasteiger partial charge in [-0.15, -0.1) is 11.8 Å². The summed E-state index contributed by atoms with van der Waals surface area (Å²) >= 11 is 2.96. The van der Waals surface area contributed by atoms with Crippen LogP contribution in [0, 0.1) is 11.3 Å². The van der Waals surface area contributed by atoms with Crippen LogP contribution in [0.3, 0.4) is 0 Å². The lowest BCUT2D eigenvalue weighted by Gasteiger charge is -1.96. The third kappa shape index (κ3) is 1.89. The van der Waals surface area contributed by atoms with Crippen molar-refractivity contribution in [2.24, 2.45) is 0 Å². The summed E-state index contributed by atoms with van der Waals surface area (Å²) in [6, 6.07) is 12.0. The molecule has 1 heterocycles. The maximum Gasteiger partial charge on any atom is 0.105 e. The van der Waals surface area contributed by atoms with E-state index in [1.54, 1.807) is 11.8 Å². The van der Waals surface area contributed by atoms with Crippen LogP contribution in [0.4, 0.5) is 0 Å². The van der Waals surface area contributed by atoms with Gasteiger partial charge in [-0.3, -0.25) is 0 Å². The number of benzene rings is 1. The van der Waals surface area contributed by atoms with E-state index in [2.05, 4.69) is 10.4 Å². The zero-order valence-electron chi connectivity index (χ0n) is 8.10. The highest BCUT2D eigenvalue weighted by molar-refractivity contribution is 8.00. The minimum absolute atomic E-state index is 0.693. The smallest absolute Gasteiger partial charge is 0.105 e. The Balaban J connectivity index is 2.55. The van der Waals surface area contributed by atoms with Crippen molar-refractivity contribution in [3.8, 4) is 17.3 Å². The van der Waals surface area contributed by atoms with E-state index in [0.29, 0.717) is 5.56 Å². The number of rotatable bonds is 2. The lowest BCUT2D eigenvalue weighted by Crippen LogP contribution is -1.81. The van der Waals surface area contributed by atoms with E-state index in [1.165, 1.54) is 11.5 Å². The Morgan fingerprint density at radius 2 is 2.07 bits per heavy atom. The molecular formula is C11H8N2S2. The van der Waals surface area contributed by atoms with E-state index in [-0.39, 0.29) is 0 Å². The van der Waals surface area contributed by atoms with Crippen LogP contribution in [0.25, 0.3) is 11.3 Å². The maximum absolute atomic E-state index is 9.08. The van der Waals surface area contributed by atoms with Gasteiger partial charge in [0.15, 0.2) is 0 Å². The van der Waals surface area contributed by atoms with Gasteiger partial charge < -0.3 is 0 Å². The van der Waals surface area contributed by atoms with Crippen molar-refractivity contribution >= 4 is 23.3 Å². The van der Waals surface area contributed by atoms with Crippen molar-refractivity contribution in [1.82, 2.24) is 4.37 Å². The molecule has 4 heteroatoms. The van der Waals surface area contributed by atoms with Gasteiger partial charge in [0.25, 0.3) is 0 Å². The normalized spacial score (nSPS) is 9.87. The average Bonchev–Trinajstić information content (AvgIpc) is 2.72. The molecule has 2 nitrogen and oxygen atoms in total. The molecule has 0 saturated heterocycles. The standard InChI is InChI=1S/C11H8N2S2/c1-14-11-9(7-12)10(13-15-11)8-5-3-2-4-6-8/h2-6H,1H3. The van der Waals surface area contributed by atoms with Gasteiger partial charge >= 0.3 is 0 Å². The van der Waals surface area contributed by atoms with Crippen LogP contribution >= 0.6 is 23.3 Å². The molecule has 2 rings (SSSR count). The summed E-state index contributed by atoms with van der Waals surface area (Å²) in [5.41, 5.74) is 2.50. The van der Waals surface area contributed by atoms with Gasteiger partial charge in [0.1, 0.15) is 17.3 Å². The quantitative estimate of drug-likeness (QED) is 0.745. The second-order valence-corrected chi connectivity index (χ2v) is 4.72. The number of nitrogens with zero attached hydrogens (tertiary/aromatic N) is 2. The molecule has 0 spiro atoms. The molecule has 0 N–H and O–H groups in total. The monoisotopic (exact) mass is 232 g/mol. The van der Waals surface area contributed by atoms with Crippen molar-refractivity contribution in [3.63, 3.8) is 0 Å². The molecule has 0 saturated carbocycles. The van der Waals surface area contributed by atoms with Gasteiger partial charge in [-0.2, -0.15) is 9.64 Å². The second-order valence-electron chi connectivity index (χ2n) is 2.88. The molecule has 2 aromatic rings. The molecule has 15 heavy (non-hydrogen) atoms. The zero-order chi connectivity index (χ0) is 10.7. The van der Waals surface area contributed by atoms with Crippen LogP contribution in [0.1, 0.15) is 5.56 Å². The molecule has 1 aromatic carbocycles. The highest BCUT2D eigenvalue weighted by Gasteiger charge is 2.13. The van der Waals surface area contributed by atoms with Crippen molar-refractivity contribution in [1.29, 1.82) is 5.26 Å². The number of thioether (sulfide) groups is 1. The molecule has 74 valence electrons. The van der Waals surface area contributed by atoms with Gasteiger partial charge in [-0.05, 0) is 17.8 Å². The SMILES string of the molecule is CSc1snc(-c2ccccc2)c1C#N. The molecule has 0 aliphatic rings. The summed E-state index contributed by atoms with van der Waals surface area (Å²) < 4.78 is 5.31. The Labute approximate surface area is 96.7 Å². The van der Waals surface area contributed by atoms with Gasteiger partial charge in [-0.1, -0.05) is 30.3 Å². The summed E-state index contributed by atoms with van der Waals surface area (Å²) in [5.74, 6) is 0. The molecule has 0 radical (unpaired) electrons. The zero-order valence-corrected chi connectivity index (χ0v) is 9.73. The predicted octanol–water partition coefficient (Wildman–Crippen LogP) is 3.40. The molecule has 1 aromatic heterocycles. The van der Waals surface area contributed by atoms with Gasteiger partial charge in [-0.25, -0.2) is 0 Å². The van der Waals surface area contributed by atoms with Crippen LogP contribution in [0.5, 0.6) is 0 Å². The molecule has 0 unspecified atom stereocenters. The summed E-state index contributed by atoms with van der Waals surface area (Å²) in [4.78, 5) is 0. The topological polar surface area (TPSA) is 36.7 Å². The van der Waals surface area contributed by atoms with Gasteiger partial charge in [0.2, 0.25) is 0 Å². The maximum atomic E-state index is 9.08. The average molecular weight is 232 g/mol. The molecule has 0 atom stereocenters. The first-order valence-electron chi connectivity index (χ1n) is 4.36. The Bertz CT molecular complexity index is 497. The number of aromatic nitrogens is 1. The van der Waals surface area contributed by atoms with Crippen LogP contribution in [0.15, 0.2) is 34.5 Å².